The number of halogens is 3. The molecule has 23 heavy (non-hydrogen) atoms. The van der Waals surface area contributed by atoms with Gasteiger partial charge in [0.15, 0.2) is 0 Å². The molecule has 1 aliphatic rings. The summed E-state index contributed by atoms with van der Waals surface area (Å²) in [5.74, 6) is -0.184. The van der Waals surface area contributed by atoms with Crippen LogP contribution in [-0.4, -0.2) is 50.2 Å². The van der Waals surface area contributed by atoms with Crippen molar-refractivity contribution in [3.05, 3.63) is 32.1 Å². The Bertz CT molecular complexity index is 729. The van der Waals surface area contributed by atoms with E-state index >= 15 is 0 Å². The van der Waals surface area contributed by atoms with Crippen molar-refractivity contribution in [3.63, 3.8) is 0 Å². The van der Waals surface area contributed by atoms with Gasteiger partial charge in [0.25, 0.3) is 5.91 Å². The number of rotatable bonds is 4. The molecular formula is C15H15Cl3N2O2S. The first-order valence-electron chi connectivity index (χ1n) is 7.21. The van der Waals surface area contributed by atoms with Gasteiger partial charge in [-0.2, -0.15) is 0 Å². The zero-order valence-corrected chi connectivity index (χ0v) is 15.3. The summed E-state index contributed by atoms with van der Waals surface area (Å²) >= 11 is 19.8. The van der Waals surface area contributed by atoms with Crippen LogP contribution in [0.3, 0.4) is 0 Å². The molecule has 8 heteroatoms. The number of hydrogen-bond acceptors (Lipinski definition) is 4. The minimum atomic E-state index is -0.184. The average Bonchev–Trinajstić information content (AvgIpc) is 2.85. The molecular weight excluding hydrogens is 379 g/mol. The van der Waals surface area contributed by atoms with Crippen molar-refractivity contribution in [3.8, 4) is 0 Å². The van der Waals surface area contributed by atoms with E-state index in [1.54, 1.807) is 12.1 Å². The third kappa shape index (κ3) is 3.92. The Morgan fingerprint density at radius 1 is 1.26 bits per heavy atom. The number of nitrogens with zero attached hydrogens (tertiary/aromatic N) is 1. The molecule has 1 fully saturated rings. The maximum atomic E-state index is 12.4. The van der Waals surface area contributed by atoms with Crippen molar-refractivity contribution in [2.75, 3.05) is 39.4 Å². The molecule has 1 saturated heterocycles. The zero-order chi connectivity index (χ0) is 16.4. The van der Waals surface area contributed by atoms with Crippen LogP contribution in [0.15, 0.2) is 12.1 Å². The summed E-state index contributed by atoms with van der Waals surface area (Å²) in [4.78, 5) is 15.1. The Kier molecular flexibility index (Phi) is 5.67. The molecule has 0 atom stereocenters. The van der Waals surface area contributed by atoms with E-state index in [4.69, 9.17) is 39.5 Å². The normalized spacial score (nSPS) is 16.0. The van der Waals surface area contributed by atoms with E-state index in [0.29, 0.717) is 31.9 Å². The molecule has 0 aliphatic carbocycles. The minimum Gasteiger partial charge on any atom is -0.379 e. The van der Waals surface area contributed by atoms with Crippen LogP contribution in [0.25, 0.3) is 10.1 Å². The second kappa shape index (κ2) is 7.55. The lowest BCUT2D eigenvalue weighted by molar-refractivity contribution is 0.0383. The molecule has 0 saturated carbocycles. The van der Waals surface area contributed by atoms with Gasteiger partial charge in [-0.15, -0.1) is 11.3 Å². The monoisotopic (exact) mass is 392 g/mol. The van der Waals surface area contributed by atoms with E-state index in [1.807, 2.05) is 0 Å². The van der Waals surface area contributed by atoms with Crippen LogP contribution in [0.2, 0.25) is 15.1 Å². The fraction of sp³-hybridized carbons (Fsp3) is 0.400. The number of carbonyl (C=O) groups is 1. The number of nitrogens with one attached hydrogen (secondary N) is 1. The summed E-state index contributed by atoms with van der Waals surface area (Å²) in [5, 5.41) is 4.96. The van der Waals surface area contributed by atoms with Gasteiger partial charge in [-0.3, -0.25) is 9.69 Å². The fourth-order valence-corrected chi connectivity index (χ4v) is 4.78. The van der Waals surface area contributed by atoms with Gasteiger partial charge in [-0.05, 0) is 12.1 Å². The molecule has 0 unspecified atom stereocenters. The third-order valence-electron chi connectivity index (χ3n) is 3.67. The first-order chi connectivity index (χ1) is 11.1. The van der Waals surface area contributed by atoms with Gasteiger partial charge < -0.3 is 10.1 Å². The topological polar surface area (TPSA) is 41.6 Å². The standard InChI is InChI=1S/C15H15Cl3N2O2S/c16-9-7-10(17)12-11(8-9)23-14(13(12)18)15(21)19-1-2-20-3-5-22-6-4-20/h7-8H,1-6H2,(H,19,21). The summed E-state index contributed by atoms with van der Waals surface area (Å²) in [7, 11) is 0. The van der Waals surface area contributed by atoms with Crippen LogP contribution in [0, 0.1) is 0 Å². The Labute approximate surface area is 153 Å². The zero-order valence-electron chi connectivity index (χ0n) is 12.2. The van der Waals surface area contributed by atoms with Gasteiger partial charge in [0.1, 0.15) is 4.88 Å². The van der Waals surface area contributed by atoms with Gasteiger partial charge in [0, 0.05) is 41.3 Å². The van der Waals surface area contributed by atoms with Crippen LogP contribution < -0.4 is 5.32 Å². The van der Waals surface area contributed by atoms with Gasteiger partial charge in [0.2, 0.25) is 0 Å². The molecule has 1 N–H and O–H groups in total. The van der Waals surface area contributed by atoms with E-state index in [-0.39, 0.29) is 5.91 Å². The molecule has 1 aliphatic heterocycles. The van der Waals surface area contributed by atoms with Crippen molar-refractivity contribution in [1.82, 2.24) is 10.2 Å². The van der Waals surface area contributed by atoms with Crippen molar-refractivity contribution in [2.45, 2.75) is 0 Å². The summed E-state index contributed by atoms with van der Waals surface area (Å²) in [5.41, 5.74) is 0. The van der Waals surface area contributed by atoms with Gasteiger partial charge in [-0.25, -0.2) is 0 Å². The van der Waals surface area contributed by atoms with E-state index in [1.165, 1.54) is 11.3 Å². The Morgan fingerprint density at radius 2 is 2.00 bits per heavy atom. The Morgan fingerprint density at radius 3 is 2.74 bits per heavy atom. The minimum absolute atomic E-state index is 0.184. The van der Waals surface area contributed by atoms with E-state index in [0.717, 1.165) is 37.5 Å². The second-order valence-electron chi connectivity index (χ2n) is 5.22. The third-order valence-corrected chi connectivity index (χ3v) is 5.82. The van der Waals surface area contributed by atoms with Crippen molar-refractivity contribution < 1.29 is 9.53 Å². The van der Waals surface area contributed by atoms with Crippen LogP contribution in [0.1, 0.15) is 9.67 Å². The lowest BCUT2D eigenvalue weighted by atomic mass is 10.2. The number of morpholine rings is 1. The number of thiophene rings is 1. The van der Waals surface area contributed by atoms with Gasteiger partial charge in [-0.1, -0.05) is 34.8 Å². The lowest BCUT2D eigenvalue weighted by Crippen LogP contribution is -2.41. The number of hydrogen-bond donors (Lipinski definition) is 1. The highest BCUT2D eigenvalue weighted by Crippen LogP contribution is 2.41. The van der Waals surface area contributed by atoms with Gasteiger partial charge in [0.05, 0.1) is 23.3 Å². The Hall–Kier alpha value is -0.560. The molecule has 1 aromatic carbocycles. The van der Waals surface area contributed by atoms with Crippen molar-refractivity contribution >= 4 is 62.1 Å². The number of amides is 1. The summed E-state index contributed by atoms with van der Waals surface area (Å²) < 4.78 is 6.11. The molecule has 1 aromatic heterocycles. The second-order valence-corrected chi connectivity index (χ2v) is 7.49. The van der Waals surface area contributed by atoms with Gasteiger partial charge >= 0.3 is 0 Å². The highest BCUT2D eigenvalue weighted by atomic mass is 35.5. The molecule has 2 aromatic rings. The highest BCUT2D eigenvalue weighted by molar-refractivity contribution is 7.21. The number of fused-ring (bicyclic) bond motifs is 1. The first-order valence-corrected chi connectivity index (χ1v) is 9.16. The van der Waals surface area contributed by atoms with E-state index < -0.39 is 0 Å². The fourth-order valence-electron chi connectivity index (χ4n) is 2.49. The quantitative estimate of drug-likeness (QED) is 0.856. The van der Waals surface area contributed by atoms with Crippen molar-refractivity contribution in [1.29, 1.82) is 0 Å². The number of carbonyl (C=O) groups excluding carboxylic acids is 1. The highest BCUT2D eigenvalue weighted by Gasteiger charge is 2.19. The molecule has 4 nitrogen and oxygen atoms in total. The van der Waals surface area contributed by atoms with E-state index in [9.17, 15) is 4.79 Å². The maximum absolute atomic E-state index is 12.4. The van der Waals surface area contributed by atoms with Crippen LogP contribution in [0.5, 0.6) is 0 Å². The SMILES string of the molecule is O=C(NCCN1CCOCC1)c1sc2cc(Cl)cc(Cl)c2c1Cl. The Balaban J connectivity index is 1.68. The smallest absolute Gasteiger partial charge is 0.262 e. The maximum Gasteiger partial charge on any atom is 0.262 e. The average molecular weight is 394 g/mol. The van der Waals surface area contributed by atoms with Crippen LogP contribution in [-0.2, 0) is 4.74 Å². The summed E-state index contributed by atoms with van der Waals surface area (Å²) in [6.45, 7) is 4.65. The summed E-state index contributed by atoms with van der Waals surface area (Å²) in [6, 6.07) is 3.40. The summed E-state index contributed by atoms with van der Waals surface area (Å²) in [6.07, 6.45) is 0. The molecule has 0 radical (unpaired) electrons. The lowest BCUT2D eigenvalue weighted by Gasteiger charge is -2.26. The number of benzene rings is 1. The predicted octanol–water partition coefficient (Wildman–Crippen LogP) is 3.92. The van der Waals surface area contributed by atoms with E-state index in [2.05, 4.69) is 10.2 Å². The van der Waals surface area contributed by atoms with Crippen molar-refractivity contribution in [2.24, 2.45) is 0 Å². The molecule has 0 spiro atoms. The number of ether oxygens (including phenoxy) is 1. The predicted molar refractivity (Wildman–Crippen MR) is 96.4 cm³/mol. The first kappa shape index (κ1) is 17.3. The molecule has 1 amide bonds. The molecule has 124 valence electrons. The molecule has 3 rings (SSSR count). The molecule has 0 bridgehead atoms. The van der Waals surface area contributed by atoms with Crippen LogP contribution >= 0.6 is 46.1 Å². The largest absolute Gasteiger partial charge is 0.379 e. The van der Waals surface area contributed by atoms with Crippen LogP contribution in [0.4, 0.5) is 0 Å². The molecule has 2 heterocycles.